The molecule has 0 radical (unpaired) electrons. The van der Waals surface area contributed by atoms with Crippen LogP contribution in [-0.2, 0) is 32.3 Å². The number of amides is 3. The molecule has 0 spiro atoms. The van der Waals surface area contributed by atoms with Crippen LogP contribution in [0, 0.1) is 17.9 Å². The Balaban J connectivity index is 1.50. The van der Waals surface area contributed by atoms with Gasteiger partial charge in [0.1, 0.15) is 11.6 Å². The molecular weight excluding hydrogens is 426 g/mol. The van der Waals surface area contributed by atoms with Crippen LogP contribution in [0.3, 0.4) is 0 Å². The van der Waals surface area contributed by atoms with E-state index in [9.17, 15) is 24.3 Å². The molecule has 3 aliphatic rings. The summed E-state index contributed by atoms with van der Waals surface area (Å²) in [5, 5.41) is 11.9. The van der Waals surface area contributed by atoms with Gasteiger partial charge in [-0.1, -0.05) is 0 Å². The highest BCUT2D eigenvalue weighted by molar-refractivity contribution is 6.05. The molecule has 3 aliphatic heterocycles. The molecule has 2 saturated heterocycles. The maximum atomic E-state index is 13.1. The van der Waals surface area contributed by atoms with E-state index >= 15 is 0 Å². The van der Waals surface area contributed by atoms with Gasteiger partial charge in [-0.25, -0.2) is 0 Å². The summed E-state index contributed by atoms with van der Waals surface area (Å²) in [6.45, 7) is 6.37. The molecule has 1 atom stereocenters. The third kappa shape index (κ3) is 4.71. The van der Waals surface area contributed by atoms with Crippen LogP contribution in [0.1, 0.15) is 60.7 Å². The van der Waals surface area contributed by atoms with Crippen molar-refractivity contribution in [3.05, 3.63) is 34.4 Å². The highest BCUT2D eigenvalue weighted by Crippen LogP contribution is 2.31. The zero-order valence-electron chi connectivity index (χ0n) is 18.9. The first-order chi connectivity index (χ1) is 15.6. The minimum absolute atomic E-state index is 0.179. The Morgan fingerprint density at radius 3 is 2.61 bits per heavy atom. The third-order valence-electron chi connectivity index (χ3n) is 5.87. The molecular formula is C24H27N3O6. The van der Waals surface area contributed by atoms with Crippen molar-refractivity contribution in [1.29, 1.82) is 0 Å². The highest BCUT2D eigenvalue weighted by atomic mass is 16.6. The monoisotopic (exact) mass is 453 g/mol. The molecule has 0 saturated carbocycles. The highest BCUT2D eigenvalue weighted by Gasteiger charge is 2.40. The summed E-state index contributed by atoms with van der Waals surface area (Å²) < 4.78 is 5.40. The van der Waals surface area contributed by atoms with Gasteiger partial charge < -0.3 is 19.6 Å². The second-order valence-corrected chi connectivity index (χ2v) is 9.60. The van der Waals surface area contributed by atoms with Crippen molar-refractivity contribution in [1.82, 2.24) is 15.1 Å². The van der Waals surface area contributed by atoms with Gasteiger partial charge in [0.05, 0.1) is 12.5 Å². The van der Waals surface area contributed by atoms with E-state index in [2.05, 4.69) is 17.3 Å². The number of rotatable bonds is 3. The number of nitrogens with zero attached hydrogens (tertiary/aromatic N) is 2. The summed E-state index contributed by atoms with van der Waals surface area (Å²) >= 11 is 0. The van der Waals surface area contributed by atoms with E-state index in [4.69, 9.17) is 4.74 Å². The van der Waals surface area contributed by atoms with Crippen molar-refractivity contribution >= 4 is 23.7 Å². The number of fused-ring (bicyclic) bond motifs is 1. The molecule has 33 heavy (non-hydrogen) atoms. The predicted molar refractivity (Wildman–Crippen MR) is 116 cm³/mol. The normalized spacial score (nSPS) is 20.6. The fourth-order valence-electron chi connectivity index (χ4n) is 4.17. The quantitative estimate of drug-likeness (QED) is 0.389. The standard InChI is InChI=1S/C24H27N3O6/c1-24(2,3)33-23(32)16-10-26(11-16)7-6-15-8-14(13-28)9-17-18(15)12-27(22(17)31)19-4-5-20(29)25-21(19)30/h8-9,16,19,28H,4-5,10-13H2,1-3H3,(H,25,29,30). The first kappa shape index (κ1) is 22.8. The van der Waals surface area contributed by atoms with Gasteiger partial charge in [0.2, 0.25) is 11.8 Å². The van der Waals surface area contributed by atoms with Crippen molar-refractivity contribution < 1.29 is 29.0 Å². The smallest absolute Gasteiger partial charge is 0.313 e. The zero-order chi connectivity index (χ0) is 23.9. The summed E-state index contributed by atoms with van der Waals surface area (Å²) in [4.78, 5) is 52.2. The van der Waals surface area contributed by atoms with Crippen LogP contribution in [0.15, 0.2) is 12.1 Å². The lowest BCUT2D eigenvalue weighted by Gasteiger charge is -2.36. The van der Waals surface area contributed by atoms with E-state index in [1.807, 2.05) is 20.8 Å². The third-order valence-corrected chi connectivity index (χ3v) is 5.87. The van der Waals surface area contributed by atoms with Crippen molar-refractivity contribution in [3.63, 3.8) is 0 Å². The summed E-state index contributed by atoms with van der Waals surface area (Å²) in [7, 11) is 0. The topological polar surface area (TPSA) is 116 Å². The number of ether oxygens (including phenoxy) is 1. The largest absolute Gasteiger partial charge is 0.460 e. The number of aliphatic hydroxyl groups excluding tert-OH is 1. The van der Waals surface area contributed by atoms with E-state index in [1.54, 1.807) is 17.0 Å². The van der Waals surface area contributed by atoms with Gasteiger partial charge in [-0.15, -0.1) is 0 Å². The van der Waals surface area contributed by atoms with Crippen LogP contribution in [-0.4, -0.2) is 63.3 Å². The fraction of sp³-hybridized carbons (Fsp3) is 0.500. The lowest BCUT2D eigenvalue weighted by Crippen LogP contribution is -2.52. The average molecular weight is 453 g/mol. The molecule has 1 aromatic carbocycles. The van der Waals surface area contributed by atoms with Gasteiger partial charge >= 0.3 is 5.97 Å². The lowest BCUT2D eigenvalue weighted by atomic mass is 9.99. The van der Waals surface area contributed by atoms with Crippen molar-refractivity contribution in [2.24, 2.45) is 5.92 Å². The Kier molecular flexibility index (Phi) is 5.89. The van der Waals surface area contributed by atoms with Crippen LogP contribution in [0.25, 0.3) is 0 Å². The number of piperidine rings is 1. The first-order valence-corrected chi connectivity index (χ1v) is 11.0. The van der Waals surface area contributed by atoms with Crippen molar-refractivity contribution in [2.45, 2.75) is 58.4 Å². The van der Waals surface area contributed by atoms with Crippen LogP contribution in [0.4, 0.5) is 0 Å². The number of aliphatic hydroxyl groups is 1. The molecule has 0 aliphatic carbocycles. The summed E-state index contributed by atoms with van der Waals surface area (Å²) in [6, 6.07) is 5.67. The minimum atomic E-state index is -0.717. The van der Waals surface area contributed by atoms with Gasteiger partial charge in [-0.2, -0.15) is 0 Å². The number of hydrogen-bond donors (Lipinski definition) is 2. The van der Waals surface area contributed by atoms with E-state index in [0.717, 1.165) is 0 Å². The number of hydrogen-bond acceptors (Lipinski definition) is 7. The second kappa shape index (κ2) is 8.52. The number of carbonyl (C=O) groups excluding carboxylic acids is 4. The summed E-state index contributed by atoms with van der Waals surface area (Å²) in [5.74, 6) is 1.48. The van der Waals surface area contributed by atoms with Gasteiger partial charge in [0.25, 0.3) is 5.91 Å². The molecule has 9 nitrogen and oxygen atoms in total. The lowest BCUT2D eigenvalue weighted by molar-refractivity contribution is -0.164. The molecule has 3 heterocycles. The Bertz CT molecular complexity index is 1090. The van der Waals surface area contributed by atoms with Crippen molar-refractivity contribution in [3.8, 4) is 12.0 Å². The number of nitrogens with one attached hydrogen (secondary N) is 1. The fourth-order valence-corrected chi connectivity index (χ4v) is 4.17. The molecule has 1 unspecified atom stereocenters. The Labute approximate surface area is 192 Å². The van der Waals surface area contributed by atoms with Gasteiger partial charge in [0, 0.05) is 43.2 Å². The van der Waals surface area contributed by atoms with Gasteiger partial charge in [-0.05, 0) is 56.4 Å². The number of esters is 1. The van der Waals surface area contributed by atoms with Gasteiger partial charge in [-0.3, -0.25) is 24.5 Å². The molecule has 2 fully saturated rings. The summed E-state index contributed by atoms with van der Waals surface area (Å²) in [6.07, 6.45) is 0.455. The molecule has 3 amide bonds. The minimum Gasteiger partial charge on any atom is -0.460 e. The average Bonchev–Trinajstić information content (AvgIpc) is 3.02. The molecule has 2 N–H and O–H groups in total. The number of likely N-dealkylation sites (tertiary alicyclic amines) is 1. The molecule has 9 heteroatoms. The Morgan fingerprint density at radius 2 is 1.97 bits per heavy atom. The Hall–Kier alpha value is -3.38. The van der Waals surface area contributed by atoms with Crippen LogP contribution in [0.5, 0.6) is 0 Å². The van der Waals surface area contributed by atoms with Crippen LogP contribution in [0.2, 0.25) is 0 Å². The van der Waals surface area contributed by atoms with E-state index in [-0.39, 0.29) is 49.7 Å². The second-order valence-electron chi connectivity index (χ2n) is 9.60. The maximum Gasteiger partial charge on any atom is 0.313 e. The van der Waals surface area contributed by atoms with Crippen LogP contribution < -0.4 is 5.32 Å². The first-order valence-electron chi connectivity index (χ1n) is 11.0. The number of benzene rings is 1. The maximum absolute atomic E-state index is 13.1. The number of carbonyl (C=O) groups is 4. The molecule has 1 aromatic rings. The predicted octanol–water partition coefficient (Wildman–Crippen LogP) is 0.522. The SMILES string of the molecule is CC(C)(C)OC(=O)C1CN(C#Cc2cc(CO)cc3c2CN(C2CCC(=O)NC2=O)C3=O)C1. The van der Waals surface area contributed by atoms with Crippen LogP contribution >= 0.6 is 0 Å². The van der Waals surface area contributed by atoms with E-state index in [0.29, 0.717) is 35.3 Å². The van der Waals surface area contributed by atoms with E-state index in [1.165, 1.54) is 4.90 Å². The zero-order valence-corrected chi connectivity index (χ0v) is 18.9. The van der Waals surface area contributed by atoms with E-state index < -0.39 is 17.6 Å². The molecule has 4 rings (SSSR count). The van der Waals surface area contributed by atoms with Crippen molar-refractivity contribution in [2.75, 3.05) is 13.1 Å². The van der Waals surface area contributed by atoms with Gasteiger partial charge in [0.15, 0.2) is 0 Å². The molecule has 0 bridgehead atoms. The number of imide groups is 1. The molecule has 174 valence electrons. The Morgan fingerprint density at radius 1 is 1.24 bits per heavy atom. The summed E-state index contributed by atoms with van der Waals surface area (Å²) in [5.41, 5.74) is 1.71. The molecule has 0 aromatic heterocycles.